The Morgan fingerprint density at radius 3 is 2.65 bits per heavy atom. The van der Waals surface area contributed by atoms with Crippen molar-refractivity contribution in [1.29, 1.82) is 0 Å². The van der Waals surface area contributed by atoms with E-state index in [1.54, 1.807) is 0 Å². The van der Waals surface area contributed by atoms with Gasteiger partial charge in [0.15, 0.2) is 0 Å². The molecule has 0 radical (unpaired) electrons. The maximum absolute atomic E-state index is 5.76. The zero-order valence-electron chi connectivity index (χ0n) is 10.9. The van der Waals surface area contributed by atoms with Crippen molar-refractivity contribution in [2.45, 2.75) is 39.7 Å². The summed E-state index contributed by atoms with van der Waals surface area (Å²) in [5.41, 5.74) is 4.47. The van der Waals surface area contributed by atoms with Gasteiger partial charge in [0.1, 0.15) is 0 Å². The number of rotatable bonds is 3. The van der Waals surface area contributed by atoms with E-state index in [1.807, 2.05) is 0 Å². The lowest BCUT2D eigenvalue weighted by Crippen LogP contribution is -2.32. The molecule has 0 N–H and O–H groups in total. The van der Waals surface area contributed by atoms with Gasteiger partial charge in [-0.2, -0.15) is 0 Å². The predicted octanol–water partition coefficient (Wildman–Crippen LogP) is 4.04. The summed E-state index contributed by atoms with van der Waals surface area (Å²) in [5.74, 6) is 0. The molecule has 0 bridgehead atoms. The maximum Gasteiger partial charge on any atom is 0.0615 e. The molecule has 1 heterocycles. The Balaban J connectivity index is 2.21. The summed E-state index contributed by atoms with van der Waals surface area (Å²) in [6.45, 7) is 7.46. The number of benzene rings is 1. The molecule has 2 unspecified atom stereocenters. The molecule has 0 amide bonds. The van der Waals surface area contributed by atoms with Crippen LogP contribution in [0, 0.1) is 19.3 Å². The first-order valence-electron chi connectivity index (χ1n) is 6.31. The smallest absolute Gasteiger partial charge is 0.0615 e. The molecular formula is C15H21BrO. The molecule has 1 aliphatic rings. The van der Waals surface area contributed by atoms with Gasteiger partial charge in [-0.25, -0.2) is 0 Å². The summed E-state index contributed by atoms with van der Waals surface area (Å²) in [5, 5.41) is 1.02. The number of alkyl halides is 1. The van der Waals surface area contributed by atoms with E-state index in [-0.39, 0.29) is 5.41 Å². The van der Waals surface area contributed by atoms with Crippen LogP contribution in [-0.2, 0) is 11.2 Å². The quantitative estimate of drug-likeness (QED) is 0.765. The molecule has 2 rings (SSSR count). The lowest BCUT2D eigenvalue weighted by molar-refractivity contribution is 0.0746. The highest BCUT2D eigenvalue weighted by Crippen LogP contribution is 2.39. The molecule has 1 nitrogen and oxygen atoms in total. The summed E-state index contributed by atoms with van der Waals surface area (Å²) in [4.78, 5) is 0. The fourth-order valence-electron chi connectivity index (χ4n) is 2.59. The Hall–Kier alpha value is -0.340. The summed E-state index contributed by atoms with van der Waals surface area (Å²) >= 11 is 3.68. The topological polar surface area (TPSA) is 9.23 Å². The molecule has 2 heteroatoms. The van der Waals surface area contributed by atoms with Crippen molar-refractivity contribution >= 4 is 15.9 Å². The third kappa shape index (κ3) is 2.58. The first-order valence-corrected chi connectivity index (χ1v) is 7.43. The number of ether oxygens (including phenoxy) is 1. The molecule has 1 saturated heterocycles. The highest BCUT2D eigenvalue weighted by Gasteiger charge is 2.40. The van der Waals surface area contributed by atoms with Gasteiger partial charge in [-0.3, -0.25) is 0 Å². The molecule has 94 valence electrons. The second-order valence-corrected chi connectivity index (χ2v) is 5.92. The van der Waals surface area contributed by atoms with Gasteiger partial charge in [-0.1, -0.05) is 34.1 Å². The molecule has 2 atom stereocenters. The van der Waals surface area contributed by atoms with Crippen LogP contribution in [0.2, 0.25) is 0 Å². The fourth-order valence-corrected chi connectivity index (χ4v) is 3.53. The molecule has 0 spiro atoms. The van der Waals surface area contributed by atoms with Crippen molar-refractivity contribution in [2.24, 2.45) is 5.41 Å². The normalized spacial score (nSPS) is 28.6. The lowest BCUT2D eigenvalue weighted by atomic mass is 9.78. The zero-order valence-corrected chi connectivity index (χ0v) is 12.5. The van der Waals surface area contributed by atoms with E-state index in [2.05, 4.69) is 54.9 Å². The molecule has 0 aromatic heterocycles. The second-order valence-electron chi connectivity index (χ2n) is 5.35. The van der Waals surface area contributed by atoms with Crippen LogP contribution in [0.25, 0.3) is 0 Å². The molecule has 1 aliphatic heterocycles. The van der Waals surface area contributed by atoms with Crippen molar-refractivity contribution in [3.8, 4) is 0 Å². The van der Waals surface area contributed by atoms with E-state index in [0.717, 1.165) is 24.8 Å². The minimum Gasteiger partial charge on any atom is -0.378 e. The minimum absolute atomic E-state index is 0.279. The van der Waals surface area contributed by atoms with E-state index in [1.165, 1.54) is 16.7 Å². The van der Waals surface area contributed by atoms with Crippen LogP contribution in [-0.4, -0.2) is 18.0 Å². The summed E-state index contributed by atoms with van der Waals surface area (Å²) in [6, 6.07) is 6.82. The third-order valence-corrected chi connectivity index (χ3v) is 5.34. The monoisotopic (exact) mass is 296 g/mol. The third-order valence-electron chi connectivity index (χ3n) is 4.22. The Kier molecular flexibility index (Phi) is 3.94. The Bertz CT molecular complexity index is 402. The van der Waals surface area contributed by atoms with Gasteiger partial charge in [0.05, 0.1) is 6.10 Å². The summed E-state index contributed by atoms with van der Waals surface area (Å²) in [7, 11) is 0. The molecule has 17 heavy (non-hydrogen) atoms. The van der Waals surface area contributed by atoms with Crippen molar-refractivity contribution in [2.75, 3.05) is 11.9 Å². The van der Waals surface area contributed by atoms with Crippen LogP contribution in [0.3, 0.4) is 0 Å². The molecule has 1 fully saturated rings. The zero-order chi connectivity index (χ0) is 12.5. The van der Waals surface area contributed by atoms with Gasteiger partial charge in [0.25, 0.3) is 0 Å². The van der Waals surface area contributed by atoms with Crippen LogP contribution >= 0.6 is 15.9 Å². The molecule has 1 aromatic rings. The molecule has 0 saturated carbocycles. The largest absolute Gasteiger partial charge is 0.378 e. The van der Waals surface area contributed by atoms with Crippen molar-refractivity contribution < 1.29 is 4.74 Å². The van der Waals surface area contributed by atoms with Crippen LogP contribution in [0.15, 0.2) is 18.2 Å². The van der Waals surface area contributed by atoms with Gasteiger partial charge in [0.2, 0.25) is 0 Å². The Morgan fingerprint density at radius 1 is 1.35 bits per heavy atom. The van der Waals surface area contributed by atoms with E-state index in [4.69, 9.17) is 4.74 Å². The van der Waals surface area contributed by atoms with Crippen molar-refractivity contribution in [3.63, 3.8) is 0 Å². The maximum atomic E-state index is 5.76. The Morgan fingerprint density at radius 2 is 2.12 bits per heavy atom. The minimum atomic E-state index is 0.279. The second kappa shape index (κ2) is 5.11. The first kappa shape index (κ1) is 13.1. The van der Waals surface area contributed by atoms with Crippen LogP contribution in [0.5, 0.6) is 0 Å². The van der Waals surface area contributed by atoms with Gasteiger partial charge in [-0.15, -0.1) is 0 Å². The highest BCUT2D eigenvalue weighted by atomic mass is 79.9. The van der Waals surface area contributed by atoms with Crippen LogP contribution in [0.1, 0.15) is 30.0 Å². The first-order chi connectivity index (χ1) is 8.07. The molecule has 1 aromatic carbocycles. The van der Waals surface area contributed by atoms with Gasteiger partial charge in [-0.05, 0) is 50.3 Å². The average Bonchev–Trinajstić information content (AvgIpc) is 2.66. The number of halogens is 1. The standard InChI is InChI=1S/C15H21BrO/c1-11-4-5-14(8-12(11)2)9-15(10-16)6-7-17-13(15)3/h4-5,8,13H,6-7,9-10H2,1-3H3. The summed E-state index contributed by atoms with van der Waals surface area (Å²) < 4.78 is 5.76. The Labute approximate surface area is 113 Å². The number of aryl methyl sites for hydroxylation is 2. The fraction of sp³-hybridized carbons (Fsp3) is 0.600. The molecule has 0 aliphatic carbocycles. The van der Waals surface area contributed by atoms with Gasteiger partial charge in [0, 0.05) is 17.4 Å². The highest BCUT2D eigenvalue weighted by molar-refractivity contribution is 9.09. The number of hydrogen-bond donors (Lipinski definition) is 0. The van der Waals surface area contributed by atoms with E-state index in [0.29, 0.717) is 6.10 Å². The summed E-state index contributed by atoms with van der Waals surface area (Å²) in [6.07, 6.45) is 2.62. The predicted molar refractivity (Wildman–Crippen MR) is 75.9 cm³/mol. The number of hydrogen-bond acceptors (Lipinski definition) is 1. The van der Waals surface area contributed by atoms with E-state index >= 15 is 0 Å². The van der Waals surface area contributed by atoms with Gasteiger partial charge < -0.3 is 4.74 Å². The molecular weight excluding hydrogens is 276 g/mol. The van der Waals surface area contributed by atoms with Crippen molar-refractivity contribution in [3.05, 3.63) is 34.9 Å². The SMILES string of the molecule is Cc1ccc(CC2(CBr)CCOC2C)cc1C. The van der Waals surface area contributed by atoms with E-state index in [9.17, 15) is 0 Å². The average molecular weight is 297 g/mol. The van der Waals surface area contributed by atoms with Gasteiger partial charge >= 0.3 is 0 Å². The lowest BCUT2D eigenvalue weighted by Gasteiger charge is -2.30. The van der Waals surface area contributed by atoms with Crippen LogP contribution < -0.4 is 0 Å². The van der Waals surface area contributed by atoms with Crippen molar-refractivity contribution in [1.82, 2.24) is 0 Å². The van der Waals surface area contributed by atoms with E-state index < -0.39 is 0 Å². The van der Waals surface area contributed by atoms with Crippen LogP contribution in [0.4, 0.5) is 0 Å².